The first kappa shape index (κ1) is 8.37. The van der Waals surface area contributed by atoms with Gasteiger partial charge in [-0.1, -0.05) is 6.07 Å². The molecule has 3 aromatic heterocycles. The van der Waals surface area contributed by atoms with Gasteiger partial charge in [0.2, 0.25) is 0 Å². The average Bonchev–Trinajstić information content (AvgIpc) is 2.86. The van der Waals surface area contributed by atoms with Crippen LogP contribution in [-0.4, -0.2) is 19.8 Å². The second-order valence-corrected chi connectivity index (χ2v) is 3.97. The molecule has 0 atom stereocenters. The summed E-state index contributed by atoms with van der Waals surface area (Å²) in [4.78, 5) is 12.4. The third-order valence-electron chi connectivity index (χ3n) is 2.08. The number of hydrogen-bond donors (Lipinski definition) is 1. The number of thiophene rings is 1. The molecule has 0 amide bonds. The van der Waals surface area contributed by atoms with Crippen molar-refractivity contribution in [1.82, 2.24) is 19.8 Å². The molecule has 0 saturated heterocycles. The van der Waals surface area contributed by atoms with Crippen LogP contribution >= 0.6 is 11.3 Å². The Morgan fingerprint density at radius 1 is 1.47 bits per heavy atom. The lowest BCUT2D eigenvalue weighted by Gasteiger charge is -1.87. The molecule has 0 fully saturated rings. The number of H-pyrrole nitrogens is 1. The van der Waals surface area contributed by atoms with Gasteiger partial charge in [-0.2, -0.15) is 10.2 Å². The molecule has 0 aromatic carbocycles. The van der Waals surface area contributed by atoms with Crippen LogP contribution in [0.15, 0.2) is 34.7 Å². The van der Waals surface area contributed by atoms with E-state index in [9.17, 15) is 4.79 Å². The van der Waals surface area contributed by atoms with Crippen molar-refractivity contribution in [3.8, 4) is 10.6 Å². The Hall–Kier alpha value is -1.95. The smallest absolute Gasteiger partial charge is 0.266 e. The molecule has 3 rings (SSSR count). The van der Waals surface area contributed by atoms with Crippen LogP contribution in [0.25, 0.3) is 16.1 Å². The molecule has 0 unspecified atom stereocenters. The van der Waals surface area contributed by atoms with E-state index in [-0.39, 0.29) is 5.56 Å². The second kappa shape index (κ2) is 3.03. The zero-order valence-corrected chi connectivity index (χ0v) is 8.36. The van der Waals surface area contributed by atoms with E-state index >= 15 is 0 Å². The lowest BCUT2D eigenvalue weighted by Crippen LogP contribution is -2.10. The predicted octanol–water partition coefficient (Wildman–Crippen LogP) is 1.15. The van der Waals surface area contributed by atoms with Gasteiger partial charge in [-0.15, -0.1) is 11.3 Å². The SMILES string of the molecule is O=c1[nH]ncn2nc(-c3cccs3)cc12. The minimum Gasteiger partial charge on any atom is -0.266 e. The van der Waals surface area contributed by atoms with Gasteiger partial charge >= 0.3 is 0 Å². The Labute approximate surface area is 88.0 Å². The van der Waals surface area contributed by atoms with Crippen molar-refractivity contribution in [2.45, 2.75) is 0 Å². The molecule has 3 heterocycles. The Bertz CT molecular complexity index is 652. The van der Waals surface area contributed by atoms with Gasteiger partial charge in [0.1, 0.15) is 17.5 Å². The maximum absolute atomic E-state index is 11.4. The highest BCUT2D eigenvalue weighted by Crippen LogP contribution is 2.23. The van der Waals surface area contributed by atoms with E-state index in [4.69, 9.17) is 0 Å². The number of nitrogens with zero attached hydrogens (tertiary/aromatic N) is 3. The van der Waals surface area contributed by atoms with Gasteiger partial charge < -0.3 is 0 Å². The summed E-state index contributed by atoms with van der Waals surface area (Å²) in [6.45, 7) is 0. The molecule has 1 N–H and O–H groups in total. The summed E-state index contributed by atoms with van der Waals surface area (Å²) >= 11 is 1.59. The normalized spacial score (nSPS) is 10.9. The van der Waals surface area contributed by atoms with E-state index in [1.807, 2.05) is 17.5 Å². The number of fused-ring (bicyclic) bond motifs is 1. The number of rotatable bonds is 1. The Morgan fingerprint density at radius 2 is 2.40 bits per heavy atom. The molecule has 15 heavy (non-hydrogen) atoms. The van der Waals surface area contributed by atoms with Gasteiger partial charge in [0.05, 0.1) is 4.88 Å². The molecule has 0 bridgehead atoms. The molecular formula is C9H6N4OS. The van der Waals surface area contributed by atoms with Crippen LogP contribution in [0.5, 0.6) is 0 Å². The highest BCUT2D eigenvalue weighted by atomic mass is 32.1. The van der Waals surface area contributed by atoms with Gasteiger partial charge in [-0.25, -0.2) is 9.61 Å². The molecule has 3 aromatic rings. The summed E-state index contributed by atoms with van der Waals surface area (Å²) in [5.74, 6) is 0. The Morgan fingerprint density at radius 3 is 3.13 bits per heavy atom. The van der Waals surface area contributed by atoms with Crippen LogP contribution in [-0.2, 0) is 0 Å². The van der Waals surface area contributed by atoms with Gasteiger partial charge in [0, 0.05) is 0 Å². The standard InChI is InChI=1S/C9H6N4OS/c14-9-7-4-6(8-2-1-3-15-8)12-13(7)5-10-11-9/h1-5H,(H,11,14). The monoisotopic (exact) mass is 218 g/mol. The first-order valence-corrected chi connectivity index (χ1v) is 5.19. The van der Waals surface area contributed by atoms with E-state index < -0.39 is 0 Å². The van der Waals surface area contributed by atoms with E-state index in [1.54, 1.807) is 17.4 Å². The summed E-state index contributed by atoms with van der Waals surface area (Å²) in [6.07, 6.45) is 1.48. The minimum atomic E-state index is -0.229. The Balaban J connectivity index is 2.32. The van der Waals surface area contributed by atoms with Gasteiger partial charge in [0.15, 0.2) is 0 Å². The van der Waals surface area contributed by atoms with Gasteiger partial charge in [0.25, 0.3) is 5.56 Å². The molecule has 0 radical (unpaired) electrons. The number of nitrogens with one attached hydrogen (secondary N) is 1. The molecular weight excluding hydrogens is 212 g/mol. The molecule has 0 aliphatic rings. The predicted molar refractivity (Wildman–Crippen MR) is 56.9 cm³/mol. The lowest BCUT2D eigenvalue weighted by atomic mass is 10.3. The van der Waals surface area contributed by atoms with Crippen LogP contribution in [0, 0.1) is 0 Å². The zero-order valence-electron chi connectivity index (χ0n) is 7.54. The summed E-state index contributed by atoms with van der Waals surface area (Å²) in [7, 11) is 0. The fourth-order valence-electron chi connectivity index (χ4n) is 1.40. The van der Waals surface area contributed by atoms with Gasteiger partial charge in [-0.05, 0) is 17.5 Å². The quantitative estimate of drug-likeness (QED) is 0.666. The van der Waals surface area contributed by atoms with Crippen LogP contribution in [0.4, 0.5) is 0 Å². The summed E-state index contributed by atoms with van der Waals surface area (Å²) in [5.41, 5.74) is 1.07. The lowest BCUT2D eigenvalue weighted by molar-refractivity contribution is 0.848. The van der Waals surface area contributed by atoms with Crippen molar-refractivity contribution in [3.63, 3.8) is 0 Å². The van der Waals surface area contributed by atoms with E-state index in [0.29, 0.717) is 5.52 Å². The topological polar surface area (TPSA) is 63.0 Å². The fraction of sp³-hybridized carbons (Fsp3) is 0. The largest absolute Gasteiger partial charge is 0.290 e. The van der Waals surface area contributed by atoms with Crippen LogP contribution in [0.2, 0.25) is 0 Å². The number of aromatic nitrogens is 4. The van der Waals surface area contributed by atoms with E-state index in [1.165, 1.54) is 10.8 Å². The first-order valence-electron chi connectivity index (χ1n) is 4.31. The third kappa shape index (κ3) is 1.26. The molecule has 5 nitrogen and oxygen atoms in total. The fourth-order valence-corrected chi connectivity index (χ4v) is 2.08. The second-order valence-electron chi connectivity index (χ2n) is 3.02. The van der Waals surface area contributed by atoms with Crippen molar-refractivity contribution in [3.05, 3.63) is 40.3 Å². The van der Waals surface area contributed by atoms with Gasteiger partial charge in [-0.3, -0.25) is 4.79 Å². The number of hydrogen-bond acceptors (Lipinski definition) is 4. The maximum Gasteiger partial charge on any atom is 0.290 e. The van der Waals surface area contributed by atoms with E-state index in [0.717, 1.165) is 10.6 Å². The molecule has 74 valence electrons. The van der Waals surface area contributed by atoms with Crippen molar-refractivity contribution in [1.29, 1.82) is 0 Å². The molecule has 6 heteroatoms. The van der Waals surface area contributed by atoms with Crippen molar-refractivity contribution >= 4 is 16.9 Å². The molecule has 0 aliphatic heterocycles. The minimum absolute atomic E-state index is 0.229. The molecule has 0 aliphatic carbocycles. The summed E-state index contributed by atoms with van der Waals surface area (Å²) in [5, 5.41) is 12.3. The molecule has 0 spiro atoms. The van der Waals surface area contributed by atoms with Crippen molar-refractivity contribution in [2.75, 3.05) is 0 Å². The highest BCUT2D eigenvalue weighted by molar-refractivity contribution is 7.13. The third-order valence-corrected chi connectivity index (χ3v) is 2.97. The Kier molecular flexibility index (Phi) is 1.69. The van der Waals surface area contributed by atoms with E-state index in [2.05, 4.69) is 15.3 Å². The zero-order chi connectivity index (χ0) is 10.3. The van der Waals surface area contributed by atoms with Crippen LogP contribution in [0.3, 0.4) is 0 Å². The van der Waals surface area contributed by atoms with Crippen LogP contribution in [0.1, 0.15) is 0 Å². The maximum atomic E-state index is 11.4. The van der Waals surface area contributed by atoms with Crippen molar-refractivity contribution < 1.29 is 0 Å². The van der Waals surface area contributed by atoms with Crippen LogP contribution < -0.4 is 5.56 Å². The summed E-state index contributed by atoms with van der Waals surface area (Å²) < 4.78 is 1.48. The molecule has 0 saturated carbocycles. The highest BCUT2D eigenvalue weighted by Gasteiger charge is 2.07. The first-order chi connectivity index (χ1) is 7.34. The van der Waals surface area contributed by atoms with Crippen molar-refractivity contribution in [2.24, 2.45) is 0 Å². The summed E-state index contributed by atoms with van der Waals surface area (Å²) in [6, 6.07) is 5.67. The number of aromatic amines is 1. The average molecular weight is 218 g/mol.